The van der Waals surface area contributed by atoms with Gasteiger partial charge in [-0.1, -0.05) is 22.0 Å². The molecule has 0 unspecified atom stereocenters. The van der Waals surface area contributed by atoms with Crippen LogP contribution in [0.4, 0.5) is 0 Å². The van der Waals surface area contributed by atoms with Gasteiger partial charge >= 0.3 is 5.97 Å². The fraction of sp³-hybridized carbons (Fsp3) is 0.450. The number of rotatable bonds is 8. The normalized spacial score (nSPS) is 15.6. The van der Waals surface area contributed by atoms with Gasteiger partial charge in [0.15, 0.2) is 0 Å². The molecular weight excluding hydrogens is 414 g/mol. The Morgan fingerprint density at radius 3 is 2.81 bits per heavy atom. The number of hydrogen-bond acceptors (Lipinski definition) is 6. The average molecular weight is 438 g/mol. The fourth-order valence-electron chi connectivity index (χ4n) is 3.02. The third kappa shape index (κ3) is 6.09. The van der Waals surface area contributed by atoms with Gasteiger partial charge in [0.1, 0.15) is 30.8 Å². The molecule has 0 radical (unpaired) electrons. The van der Waals surface area contributed by atoms with E-state index < -0.39 is 5.97 Å². The summed E-state index contributed by atoms with van der Waals surface area (Å²) in [5.74, 6) is 1.30. The van der Waals surface area contributed by atoms with Gasteiger partial charge in [0.25, 0.3) is 0 Å². The molecule has 2 heterocycles. The van der Waals surface area contributed by atoms with Crippen molar-refractivity contribution in [2.45, 2.75) is 25.6 Å². The van der Waals surface area contributed by atoms with Crippen molar-refractivity contribution in [1.82, 2.24) is 4.90 Å². The zero-order valence-corrected chi connectivity index (χ0v) is 16.9. The van der Waals surface area contributed by atoms with Crippen LogP contribution in [0.1, 0.15) is 29.2 Å². The van der Waals surface area contributed by atoms with E-state index in [2.05, 4.69) is 20.8 Å². The molecule has 1 aliphatic heterocycles. The van der Waals surface area contributed by atoms with E-state index in [0.29, 0.717) is 19.0 Å². The number of methoxy groups -OCH3 is 1. The Hall–Kier alpha value is -1.83. The quantitative estimate of drug-likeness (QED) is 0.583. The molecule has 0 atom stereocenters. The molecule has 0 saturated carbocycles. The Balaban J connectivity index is 1.36. The molecule has 2 aromatic rings. The van der Waals surface area contributed by atoms with Crippen LogP contribution in [0.3, 0.4) is 0 Å². The minimum absolute atomic E-state index is 0.0734. The number of benzene rings is 1. The molecule has 1 aliphatic rings. The Bertz CT molecular complexity index is 739. The molecule has 1 fully saturated rings. The number of carbonyl (C=O) groups excluding carboxylic acids is 1. The second-order valence-corrected chi connectivity index (χ2v) is 7.37. The van der Waals surface area contributed by atoms with Gasteiger partial charge in [-0.15, -0.1) is 0 Å². The van der Waals surface area contributed by atoms with Crippen molar-refractivity contribution in [2.24, 2.45) is 0 Å². The number of furan rings is 1. The lowest BCUT2D eigenvalue weighted by molar-refractivity contribution is 0.00672. The van der Waals surface area contributed by atoms with E-state index in [1.165, 1.54) is 0 Å². The number of carbonyl (C=O) groups is 1. The lowest BCUT2D eigenvalue weighted by Crippen LogP contribution is -2.39. The van der Waals surface area contributed by atoms with Crippen LogP contribution in [-0.2, 0) is 16.1 Å². The third-order valence-corrected chi connectivity index (χ3v) is 4.92. The van der Waals surface area contributed by atoms with Gasteiger partial charge in [0.2, 0.25) is 5.76 Å². The van der Waals surface area contributed by atoms with E-state index in [0.717, 1.165) is 42.7 Å². The second kappa shape index (κ2) is 9.92. The number of halogens is 1. The lowest BCUT2D eigenvalue weighted by Gasteiger charge is -2.31. The molecule has 1 aromatic heterocycles. The second-order valence-electron chi connectivity index (χ2n) is 6.45. The van der Waals surface area contributed by atoms with E-state index in [1.54, 1.807) is 19.2 Å². The predicted molar refractivity (Wildman–Crippen MR) is 104 cm³/mol. The predicted octanol–water partition coefficient (Wildman–Crippen LogP) is 3.89. The molecule has 0 amide bonds. The van der Waals surface area contributed by atoms with Crippen LogP contribution in [0, 0.1) is 0 Å². The molecule has 0 N–H and O–H groups in total. The van der Waals surface area contributed by atoms with Gasteiger partial charge < -0.3 is 18.6 Å². The van der Waals surface area contributed by atoms with Crippen LogP contribution in [0.25, 0.3) is 0 Å². The summed E-state index contributed by atoms with van der Waals surface area (Å²) < 4.78 is 22.8. The SMILES string of the molecule is COCc1ccc(C(=O)OC2CCN(CCOc3cccc(Br)c3)CC2)o1. The summed E-state index contributed by atoms with van der Waals surface area (Å²) in [5, 5.41) is 0. The Kier molecular flexibility index (Phi) is 7.32. The topological polar surface area (TPSA) is 61.1 Å². The van der Waals surface area contributed by atoms with Crippen molar-refractivity contribution in [3.05, 3.63) is 52.4 Å². The highest BCUT2D eigenvalue weighted by Crippen LogP contribution is 2.19. The largest absolute Gasteiger partial charge is 0.492 e. The van der Waals surface area contributed by atoms with Gasteiger partial charge in [-0.2, -0.15) is 0 Å². The summed E-state index contributed by atoms with van der Waals surface area (Å²) in [6, 6.07) is 11.2. The first-order valence-electron chi connectivity index (χ1n) is 9.03. The standard InChI is InChI=1S/C20H24BrNO5/c1-24-14-18-5-6-19(26-18)20(23)27-16-7-9-22(10-8-16)11-12-25-17-4-2-3-15(21)13-17/h2-6,13,16H,7-12,14H2,1H3. The molecule has 1 saturated heterocycles. The number of nitrogens with zero attached hydrogens (tertiary/aromatic N) is 1. The molecule has 1 aromatic carbocycles. The number of hydrogen-bond donors (Lipinski definition) is 0. The van der Waals surface area contributed by atoms with Crippen LogP contribution in [0.5, 0.6) is 5.75 Å². The number of esters is 1. The summed E-state index contributed by atoms with van der Waals surface area (Å²) in [7, 11) is 1.58. The van der Waals surface area contributed by atoms with E-state index in [-0.39, 0.29) is 11.9 Å². The molecular formula is C20H24BrNO5. The van der Waals surface area contributed by atoms with Crippen molar-refractivity contribution in [1.29, 1.82) is 0 Å². The first kappa shape index (κ1) is 19.9. The van der Waals surface area contributed by atoms with Crippen molar-refractivity contribution >= 4 is 21.9 Å². The van der Waals surface area contributed by atoms with Crippen LogP contribution in [-0.4, -0.2) is 50.3 Å². The minimum atomic E-state index is -0.409. The summed E-state index contributed by atoms with van der Waals surface area (Å²) in [4.78, 5) is 14.5. The maximum Gasteiger partial charge on any atom is 0.374 e. The van der Waals surface area contributed by atoms with Crippen LogP contribution < -0.4 is 4.74 Å². The van der Waals surface area contributed by atoms with Crippen molar-refractivity contribution in [2.75, 3.05) is 33.4 Å². The minimum Gasteiger partial charge on any atom is -0.492 e. The zero-order chi connectivity index (χ0) is 19.1. The van der Waals surface area contributed by atoms with Crippen molar-refractivity contribution in [3.63, 3.8) is 0 Å². The third-order valence-electron chi connectivity index (χ3n) is 4.43. The highest BCUT2D eigenvalue weighted by molar-refractivity contribution is 9.10. The summed E-state index contributed by atoms with van der Waals surface area (Å²) in [6.07, 6.45) is 1.55. The molecule has 27 heavy (non-hydrogen) atoms. The maximum atomic E-state index is 12.2. The summed E-state index contributed by atoms with van der Waals surface area (Å²) in [6.45, 7) is 3.59. The first-order chi connectivity index (χ1) is 13.1. The van der Waals surface area contributed by atoms with Crippen molar-refractivity contribution < 1.29 is 23.4 Å². The first-order valence-corrected chi connectivity index (χ1v) is 9.82. The van der Waals surface area contributed by atoms with Crippen LogP contribution in [0.15, 0.2) is 45.3 Å². The fourth-order valence-corrected chi connectivity index (χ4v) is 3.40. The van der Waals surface area contributed by atoms with Crippen LogP contribution >= 0.6 is 15.9 Å². The van der Waals surface area contributed by atoms with Crippen molar-refractivity contribution in [3.8, 4) is 5.75 Å². The van der Waals surface area contributed by atoms with E-state index in [1.807, 2.05) is 24.3 Å². The van der Waals surface area contributed by atoms with Gasteiger partial charge in [-0.05, 0) is 43.2 Å². The van der Waals surface area contributed by atoms with E-state index in [9.17, 15) is 4.79 Å². The van der Waals surface area contributed by atoms with Crippen LogP contribution in [0.2, 0.25) is 0 Å². The van der Waals surface area contributed by atoms with Gasteiger partial charge in [0, 0.05) is 31.2 Å². The van der Waals surface area contributed by atoms with E-state index >= 15 is 0 Å². The molecule has 146 valence electrons. The molecule has 0 bridgehead atoms. The molecule has 6 nitrogen and oxygen atoms in total. The molecule has 0 aliphatic carbocycles. The maximum absolute atomic E-state index is 12.2. The lowest BCUT2D eigenvalue weighted by atomic mass is 10.1. The number of piperidine rings is 1. The molecule has 7 heteroatoms. The summed E-state index contributed by atoms with van der Waals surface area (Å²) >= 11 is 3.44. The van der Waals surface area contributed by atoms with E-state index in [4.69, 9.17) is 18.6 Å². The average Bonchev–Trinajstić information content (AvgIpc) is 3.12. The molecule has 3 rings (SSSR count). The Morgan fingerprint density at radius 2 is 2.07 bits per heavy atom. The monoisotopic (exact) mass is 437 g/mol. The highest BCUT2D eigenvalue weighted by atomic mass is 79.9. The van der Waals surface area contributed by atoms with Gasteiger partial charge in [-0.3, -0.25) is 4.90 Å². The smallest absolute Gasteiger partial charge is 0.374 e. The van der Waals surface area contributed by atoms with Gasteiger partial charge in [-0.25, -0.2) is 4.79 Å². The number of ether oxygens (including phenoxy) is 3. The molecule has 0 spiro atoms. The Morgan fingerprint density at radius 1 is 1.26 bits per heavy atom. The summed E-state index contributed by atoms with van der Waals surface area (Å²) in [5.41, 5.74) is 0. The highest BCUT2D eigenvalue weighted by Gasteiger charge is 2.24. The number of likely N-dealkylation sites (tertiary alicyclic amines) is 1. The van der Waals surface area contributed by atoms with Gasteiger partial charge in [0.05, 0.1) is 0 Å². The zero-order valence-electron chi connectivity index (χ0n) is 15.4. The Labute approximate surface area is 167 Å².